The summed E-state index contributed by atoms with van der Waals surface area (Å²) in [4.78, 5) is 20.3. The second kappa shape index (κ2) is 7.16. The van der Waals surface area contributed by atoms with Gasteiger partial charge in [0.15, 0.2) is 12.2 Å². The molecule has 2 unspecified atom stereocenters. The van der Waals surface area contributed by atoms with Crippen molar-refractivity contribution < 1.29 is 34.8 Å². The molecule has 0 bridgehead atoms. The minimum atomic E-state index is -1.48. The molecule has 7 nitrogen and oxygen atoms in total. The highest BCUT2D eigenvalue weighted by molar-refractivity contribution is 5.72. The van der Waals surface area contributed by atoms with E-state index in [1.807, 2.05) is 0 Å². The molecule has 0 spiro atoms. The van der Waals surface area contributed by atoms with E-state index in [4.69, 9.17) is 25.2 Å². The number of carbonyl (C=O) groups is 2. The van der Waals surface area contributed by atoms with Crippen LogP contribution in [0.25, 0.3) is 0 Å². The van der Waals surface area contributed by atoms with E-state index >= 15 is 0 Å². The summed E-state index contributed by atoms with van der Waals surface area (Å²) < 4.78 is 4.83. The van der Waals surface area contributed by atoms with E-state index in [1.54, 1.807) is 0 Å². The van der Waals surface area contributed by atoms with Gasteiger partial charge in [-0.05, 0) is 0 Å². The fraction of sp³-hybridized carbons (Fsp3) is 0.750. The smallest absolute Gasteiger partial charge is 0.332 e. The van der Waals surface area contributed by atoms with Crippen molar-refractivity contribution in [2.45, 2.75) is 25.0 Å². The molecule has 2 atom stereocenters. The number of ether oxygens (including phenoxy) is 1. The fourth-order valence-corrected chi connectivity index (χ4v) is 0.739. The molecule has 0 rings (SSSR count). The van der Waals surface area contributed by atoms with Gasteiger partial charge < -0.3 is 25.2 Å². The Balaban J connectivity index is 3.40. The molecule has 0 aliphatic carbocycles. The molecule has 0 fully saturated rings. The van der Waals surface area contributed by atoms with E-state index in [2.05, 4.69) is 0 Å². The van der Waals surface area contributed by atoms with Crippen molar-refractivity contribution in [3.05, 3.63) is 0 Å². The van der Waals surface area contributed by atoms with Crippen LogP contribution in [-0.4, -0.2) is 57.8 Å². The lowest BCUT2D eigenvalue weighted by molar-refractivity contribution is -0.147. The Morgan fingerprint density at radius 1 is 0.933 bits per heavy atom. The van der Waals surface area contributed by atoms with Gasteiger partial charge in [0.1, 0.15) is 0 Å². The Bertz CT molecular complexity index is 193. The van der Waals surface area contributed by atoms with E-state index in [-0.39, 0.29) is 26.1 Å². The van der Waals surface area contributed by atoms with Crippen molar-refractivity contribution in [2.24, 2.45) is 0 Å². The van der Waals surface area contributed by atoms with E-state index in [0.717, 1.165) is 0 Å². The molecular weight excluding hydrogens is 208 g/mol. The van der Waals surface area contributed by atoms with Crippen LogP contribution in [0.5, 0.6) is 0 Å². The van der Waals surface area contributed by atoms with Crippen LogP contribution in [0.2, 0.25) is 0 Å². The second-order valence-corrected chi connectivity index (χ2v) is 2.90. The lowest BCUT2D eigenvalue weighted by Crippen LogP contribution is -2.23. The summed E-state index contributed by atoms with van der Waals surface area (Å²) in [7, 11) is 0. The van der Waals surface area contributed by atoms with Gasteiger partial charge in [0.05, 0.1) is 0 Å². The maximum Gasteiger partial charge on any atom is 0.332 e. The summed E-state index contributed by atoms with van der Waals surface area (Å²) in [6.45, 7) is -0.000385. The molecule has 0 aromatic heterocycles. The van der Waals surface area contributed by atoms with Gasteiger partial charge in [0.2, 0.25) is 0 Å². The summed E-state index contributed by atoms with van der Waals surface area (Å²) in [6.07, 6.45) is -3.10. The van der Waals surface area contributed by atoms with E-state index in [9.17, 15) is 9.59 Å². The van der Waals surface area contributed by atoms with Gasteiger partial charge in [-0.3, -0.25) is 0 Å². The van der Waals surface area contributed by atoms with Crippen LogP contribution in [0.4, 0.5) is 0 Å². The molecule has 0 heterocycles. The molecule has 0 saturated carbocycles. The summed E-state index contributed by atoms with van der Waals surface area (Å²) in [5, 5.41) is 34.2. The highest BCUT2D eigenvalue weighted by atomic mass is 16.5. The molecule has 7 heteroatoms. The topological polar surface area (TPSA) is 124 Å². The molecule has 0 saturated heterocycles. The molecule has 15 heavy (non-hydrogen) atoms. The average molecular weight is 222 g/mol. The van der Waals surface area contributed by atoms with Gasteiger partial charge in [0.25, 0.3) is 0 Å². The molecule has 0 amide bonds. The van der Waals surface area contributed by atoms with Crippen molar-refractivity contribution in [3.8, 4) is 0 Å². The number of carboxylic acids is 2. The zero-order valence-corrected chi connectivity index (χ0v) is 8.00. The fourth-order valence-electron chi connectivity index (χ4n) is 0.739. The third-order valence-corrected chi connectivity index (χ3v) is 1.64. The largest absolute Gasteiger partial charge is 0.479 e. The number of aliphatic hydroxyl groups is 2. The van der Waals surface area contributed by atoms with Gasteiger partial charge in [-0.1, -0.05) is 0 Å². The minimum absolute atomic E-state index is 0.000193. The molecule has 88 valence electrons. The Labute approximate surface area is 85.9 Å². The molecule has 0 aliphatic heterocycles. The van der Waals surface area contributed by atoms with E-state index < -0.39 is 24.1 Å². The van der Waals surface area contributed by atoms with Crippen molar-refractivity contribution >= 4 is 11.9 Å². The van der Waals surface area contributed by atoms with Gasteiger partial charge in [-0.25, -0.2) is 9.59 Å². The van der Waals surface area contributed by atoms with Crippen molar-refractivity contribution in [1.82, 2.24) is 0 Å². The predicted octanol–water partition coefficient (Wildman–Crippen LogP) is -1.33. The monoisotopic (exact) mass is 222 g/mol. The first-order chi connectivity index (χ1) is 6.95. The lowest BCUT2D eigenvalue weighted by atomic mass is 10.2. The van der Waals surface area contributed by atoms with Crippen LogP contribution in [0.3, 0.4) is 0 Å². The molecule has 0 radical (unpaired) electrons. The first kappa shape index (κ1) is 13.8. The molecule has 0 aliphatic rings. The number of hydrogen-bond donors (Lipinski definition) is 4. The van der Waals surface area contributed by atoms with Crippen LogP contribution in [0, 0.1) is 0 Å². The Kier molecular flexibility index (Phi) is 6.59. The van der Waals surface area contributed by atoms with Gasteiger partial charge in [0, 0.05) is 26.1 Å². The Morgan fingerprint density at radius 2 is 1.27 bits per heavy atom. The zero-order chi connectivity index (χ0) is 11.8. The van der Waals surface area contributed by atoms with Crippen LogP contribution >= 0.6 is 0 Å². The van der Waals surface area contributed by atoms with Gasteiger partial charge in [-0.2, -0.15) is 0 Å². The molecule has 0 aromatic rings. The third kappa shape index (κ3) is 6.83. The number of hydrogen-bond acceptors (Lipinski definition) is 5. The summed E-state index contributed by atoms with van der Waals surface area (Å²) in [5.41, 5.74) is 0. The number of carboxylic acid groups (broad SMARTS) is 2. The Morgan fingerprint density at radius 3 is 1.53 bits per heavy atom. The number of rotatable bonds is 8. The zero-order valence-electron chi connectivity index (χ0n) is 8.00. The summed E-state index contributed by atoms with van der Waals surface area (Å²) in [6, 6.07) is 0. The maximum absolute atomic E-state index is 10.1. The standard InChI is InChI=1S/C8H14O7/c9-5(7(11)12)1-3-15-4-2-6(10)8(13)14/h5-6,9-10H,1-4H2,(H,11,12)(H,13,14). The number of aliphatic carboxylic acids is 2. The lowest BCUT2D eigenvalue weighted by Gasteiger charge is -2.07. The normalized spacial score (nSPS) is 14.5. The van der Waals surface area contributed by atoms with Crippen molar-refractivity contribution in [2.75, 3.05) is 13.2 Å². The third-order valence-electron chi connectivity index (χ3n) is 1.64. The highest BCUT2D eigenvalue weighted by Crippen LogP contribution is 1.96. The SMILES string of the molecule is O=C(O)C(O)CCOCCC(O)C(=O)O. The maximum atomic E-state index is 10.1. The Hall–Kier alpha value is -1.18. The van der Waals surface area contributed by atoms with Crippen molar-refractivity contribution in [3.63, 3.8) is 0 Å². The highest BCUT2D eigenvalue weighted by Gasteiger charge is 2.14. The van der Waals surface area contributed by atoms with Gasteiger partial charge >= 0.3 is 11.9 Å². The first-order valence-electron chi connectivity index (χ1n) is 4.34. The van der Waals surface area contributed by atoms with Gasteiger partial charge in [-0.15, -0.1) is 0 Å². The predicted molar refractivity (Wildman–Crippen MR) is 47.3 cm³/mol. The first-order valence-corrected chi connectivity index (χ1v) is 4.34. The van der Waals surface area contributed by atoms with Crippen molar-refractivity contribution in [1.29, 1.82) is 0 Å². The second-order valence-electron chi connectivity index (χ2n) is 2.90. The summed E-state index contributed by atoms with van der Waals surface area (Å²) >= 11 is 0. The average Bonchev–Trinajstić information content (AvgIpc) is 2.16. The molecular formula is C8H14O7. The number of aliphatic hydroxyl groups excluding tert-OH is 2. The van der Waals surface area contributed by atoms with Crippen LogP contribution in [0.1, 0.15) is 12.8 Å². The van der Waals surface area contributed by atoms with Crippen LogP contribution in [0.15, 0.2) is 0 Å². The van der Waals surface area contributed by atoms with Crippen LogP contribution in [-0.2, 0) is 14.3 Å². The summed E-state index contributed by atoms with van der Waals surface area (Å²) in [5.74, 6) is -2.66. The van der Waals surface area contributed by atoms with E-state index in [1.165, 1.54) is 0 Å². The quantitative estimate of drug-likeness (QED) is 0.375. The van der Waals surface area contributed by atoms with Crippen LogP contribution < -0.4 is 0 Å². The molecule has 4 N–H and O–H groups in total. The molecule has 0 aromatic carbocycles. The van der Waals surface area contributed by atoms with E-state index in [0.29, 0.717) is 0 Å². The minimum Gasteiger partial charge on any atom is -0.479 e.